The van der Waals surface area contributed by atoms with Crippen molar-refractivity contribution in [1.82, 2.24) is 0 Å². The number of unbranched alkanes of at least 4 members (excludes halogenated alkanes) is 6. The summed E-state index contributed by atoms with van der Waals surface area (Å²) in [6.45, 7) is 4.58. The Morgan fingerprint density at radius 3 is 1.45 bits per heavy atom. The fourth-order valence-corrected chi connectivity index (χ4v) is 5.46. The summed E-state index contributed by atoms with van der Waals surface area (Å²) in [7, 11) is 0. The monoisotopic (exact) mass is 430 g/mol. The molecule has 0 heterocycles. The first-order valence-electron chi connectivity index (χ1n) is 11.6. The molecule has 1 aliphatic carbocycles. The molecule has 0 nitrogen and oxygen atoms in total. The maximum absolute atomic E-state index is 6.25. The minimum absolute atomic E-state index is 0.121. The Morgan fingerprint density at radius 2 is 1.07 bits per heavy atom. The van der Waals surface area contributed by atoms with Crippen LogP contribution in [-0.2, 0) is 17.2 Å². The van der Waals surface area contributed by atoms with E-state index < -0.39 is 0 Å². The van der Waals surface area contributed by atoms with Crippen molar-refractivity contribution < 1.29 is 0 Å². The smallest absolute Gasteiger partial charge is 0.0474 e. The predicted octanol–water partition coefficient (Wildman–Crippen LogP) is 9.37. The van der Waals surface area contributed by atoms with Gasteiger partial charge in [-0.05, 0) is 46.2 Å². The van der Waals surface area contributed by atoms with E-state index in [0.29, 0.717) is 11.8 Å². The number of rotatable bonds is 12. The van der Waals surface area contributed by atoms with Gasteiger partial charge in [-0.1, -0.05) is 102 Å². The fraction of sp³-hybridized carbons (Fsp3) is 0.556. The molecule has 0 aliphatic heterocycles. The van der Waals surface area contributed by atoms with Crippen LogP contribution < -0.4 is 0 Å². The van der Waals surface area contributed by atoms with Crippen LogP contribution in [0.25, 0.3) is 11.1 Å². The van der Waals surface area contributed by atoms with Gasteiger partial charge in [0.25, 0.3) is 0 Å². The zero-order valence-electron chi connectivity index (χ0n) is 18.2. The van der Waals surface area contributed by atoms with E-state index in [4.69, 9.17) is 23.2 Å². The normalized spacial score (nSPS) is 14.1. The Kier molecular flexibility index (Phi) is 8.51. The van der Waals surface area contributed by atoms with Gasteiger partial charge in [-0.3, -0.25) is 0 Å². The molecule has 3 rings (SSSR count). The number of fused-ring (bicyclic) bond motifs is 3. The highest BCUT2D eigenvalue weighted by Crippen LogP contribution is 2.54. The largest absolute Gasteiger partial charge is 0.122 e. The zero-order valence-corrected chi connectivity index (χ0v) is 19.7. The van der Waals surface area contributed by atoms with Crippen molar-refractivity contribution in [2.24, 2.45) is 0 Å². The lowest BCUT2D eigenvalue weighted by Gasteiger charge is -2.33. The molecular formula is C27H36Cl2. The average Bonchev–Trinajstić information content (AvgIpc) is 3.03. The predicted molar refractivity (Wildman–Crippen MR) is 129 cm³/mol. The van der Waals surface area contributed by atoms with Crippen molar-refractivity contribution in [3.63, 3.8) is 0 Å². The third-order valence-electron chi connectivity index (χ3n) is 6.71. The number of hydrogen-bond acceptors (Lipinski definition) is 0. The number of halogens is 2. The lowest BCUT2D eigenvalue weighted by Crippen LogP contribution is -2.26. The molecule has 2 aromatic carbocycles. The van der Waals surface area contributed by atoms with Crippen LogP contribution in [0.1, 0.15) is 100 Å². The van der Waals surface area contributed by atoms with Crippen LogP contribution in [0, 0.1) is 0 Å². The summed E-state index contributed by atoms with van der Waals surface area (Å²) in [6.07, 6.45) is 12.9. The molecule has 1 aliphatic rings. The maximum Gasteiger partial charge on any atom is 0.0474 e. The van der Waals surface area contributed by atoms with Gasteiger partial charge >= 0.3 is 0 Å². The first-order valence-corrected chi connectivity index (χ1v) is 12.7. The molecule has 0 spiro atoms. The fourth-order valence-electron chi connectivity index (χ4n) is 5.13. The minimum Gasteiger partial charge on any atom is -0.122 e. The molecule has 29 heavy (non-hydrogen) atoms. The topological polar surface area (TPSA) is 0 Å². The Balaban J connectivity index is 2.07. The molecule has 0 aromatic heterocycles. The van der Waals surface area contributed by atoms with Crippen LogP contribution >= 0.6 is 23.2 Å². The standard InChI is InChI=1S/C27H36Cl2/c1-3-5-7-9-15-27(16-10-8-6-4-2)25-17-21(19-28)11-13-23(25)24-14-12-22(20-29)18-26(24)27/h11-14,17-18H,3-10,15-16,19-20H2,1-2H3. The highest BCUT2D eigenvalue weighted by atomic mass is 35.5. The van der Waals surface area contributed by atoms with Crippen LogP contribution in [0.3, 0.4) is 0 Å². The third kappa shape index (κ3) is 4.86. The maximum atomic E-state index is 6.25. The van der Waals surface area contributed by atoms with E-state index in [-0.39, 0.29) is 5.41 Å². The summed E-state index contributed by atoms with van der Waals surface area (Å²) in [5.41, 5.74) is 8.47. The highest BCUT2D eigenvalue weighted by Gasteiger charge is 2.42. The van der Waals surface area contributed by atoms with Crippen LogP contribution in [-0.4, -0.2) is 0 Å². The first kappa shape index (κ1) is 22.7. The van der Waals surface area contributed by atoms with Crippen molar-refractivity contribution in [1.29, 1.82) is 0 Å². The van der Waals surface area contributed by atoms with Crippen molar-refractivity contribution in [3.05, 3.63) is 58.7 Å². The molecule has 158 valence electrons. The highest BCUT2D eigenvalue weighted by molar-refractivity contribution is 6.17. The summed E-state index contributed by atoms with van der Waals surface area (Å²) < 4.78 is 0. The molecule has 0 atom stereocenters. The summed E-state index contributed by atoms with van der Waals surface area (Å²) in [4.78, 5) is 0. The van der Waals surface area contributed by atoms with Gasteiger partial charge in [0.05, 0.1) is 0 Å². The molecule has 0 N–H and O–H groups in total. The van der Waals surface area contributed by atoms with Crippen LogP contribution in [0.15, 0.2) is 36.4 Å². The first-order chi connectivity index (χ1) is 14.2. The van der Waals surface area contributed by atoms with E-state index in [1.807, 2.05) is 0 Å². The molecule has 0 saturated carbocycles. The molecule has 0 saturated heterocycles. The van der Waals surface area contributed by atoms with Crippen LogP contribution in [0.5, 0.6) is 0 Å². The van der Waals surface area contributed by atoms with E-state index >= 15 is 0 Å². The lowest BCUT2D eigenvalue weighted by atomic mass is 9.70. The Hall–Kier alpha value is -0.980. The second-order valence-corrected chi connectivity index (χ2v) is 9.27. The number of benzene rings is 2. The van der Waals surface area contributed by atoms with Gasteiger partial charge in [0.15, 0.2) is 0 Å². The molecular weight excluding hydrogens is 395 g/mol. The van der Waals surface area contributed by atoms with E-state index in [9.17, 15) is 0 Å². The van der Waals surface area contributed by atoms with Crippen LogP contribution in [0.2, 0.25) is 0 Å². The lowest BCUT2D eigenvalue weighted by molar-refractivity contribution is 0.400. The second-order valence-electron chi connectivity index (χ2n) is 8.73. The van der Waals surface area contributed by atoms with Gasteiger partial charge in [-0.15, -0.1) is 23.2 Å². The van der Waals surface area contributed by atoms with Gasteiger partial charge in [0, 0.05) is 17.2 Å². The van der Waals surface area contributed by atoms with E-state index in [0.717, 1.165) is 0 Å². The molecule has 0 bridgehead atoms. The van der Waals surface area contributed by atoms with Crippen molar-refractivity contribution in [3.8, 4) is 11.1 Å². The van der Waals surface area contributed by atoms with E-state index in [1.54, 1.807) is 0 Å². The van der Waals surface area contributed by atoms with Crippen molar-refractivity contribution >= 4 is 23.2 Å². The van der Waals surface area contributed by atoms with Gasteiger partial charge in [-0.25, -0.2) is 0 Å². The summed E-state index contributed by atoms with van der Waals surface area (Å²) >= 11 is 12.5. The molecule has 0 unspecified atom stereocenters. The molecule has 0 amide bonds. The van der Waals surface area contributed by atoms with Gasteiger partial charge in [-0.2, -0.15) is 0 Å². The SMILES string of the molecule is CCCCCCC1(CCCCCC)c2cc(CCl)ccc2-c2ccc(CCl)cc21. The van der Waals surface area contributed by atoms with Crippen molar-refractivity contribution in [2.75, 3.05) is 0 Å². The minimum atomic E-state index is 0.121. The van der Waals surface area contributed by atoms with Gasteiger partial charge in [0.2, 0.25) is 0 Å². The summed E-state index contributed by atoms with van der Waals surface area (Å²) in [5.74, 6) is 1.16. The Labute approximate surface area is 188 Å². The number of hydrogen-bond donors (Lipinski definition) is 0. The van der Waals surface area contributed by atoms with Gasteiger partial charge in [0.1, 0.15) is 0 Å². The third-order valence-corrected chi connectivity index (χ3v) is 7.33. The summed E-state index contributed by atoms with van der Waals surface area (Å²) in [6, 6.07) is 13.8. The zero-order chi connectivity index (χ0) is 20.7. The summed E-state index contributed by atoms with van der Waals surface area (Å²) in [5, 5.41) is 0. The Morgan fingerprint density at radius 1 is 0.621 bits per heavy atom. The van der Waals surface area contributed by atoms with E-state index in [1.165, 1.54) is 97.6 Å². The molecule has 0 fully saturated rings. The quantitative estimate of drug-likeness (QED) is 0.232. The molecule has 2 heteroatoms. The van der Waals surface area contributed by atoms with Crippen molar-refractivity contribution in [2.45, 2.75) is 95.2 Å². The molecule has 0 radical (unpaired) electrons. The molecule has 2 aromatic rings. The second kappa shape index (κ2) is 10.9. The number of alkyl halides is 2. The van der Waals surface area contributed by atoms with E-state index in [2.05, 4.69) is 50.2 Å². The average molecular weight is 431 g/mol. The van der Waals surface area contributed by atoms with Gasteiger partial charge < -0.3 is 0 Å². The van der Waals surface area contributed by atoms with Crippen LogP contribution in [0.4, 0.5) is 0 Å². The Bertz CT molecular complexity index is 726.